The van der Waals surface area contributed by atoms with E-state index >= 15 is 0 Å². The molecule has 34 heavy (non-hydrogen) atoms. The summed E-state index contributed by atoms with van der Waals surface area (Å²) in [6.45, 7) is 0. The van der Waals surface area contributed by atoms with Crippen molar-refractivity contribution in [2.75, 3.05) is 14.2 Å². The SMILES string of the molecule is COc1cncc(-c2ccc3[nH]nc(-c4nc5c(-c6cccc(OC)c6)cncc5[nH]4)c3n2)c1. The number of aromatic amines is 2. The molecule has 9 heteroatoms. The number of H-pyrrole nitrogens is 2. The van der Waals surface area contributed by atoms with Crippen molar-refractivity contribution in [3.05, 3.63) is 67.3 Å². The Hall–Kier alpha value is -4.79. The van der Waals surface area contributed by atoms with Gasteiger partial charge < -0.3 is 14.5 Å². The Morgan fingerprint density at radius 1 is 0.735 bits per heavy atom. The zero-order valence-electron chi connectivity index (χ0n) is 18.4. The third kappa shape index (κ3) is 3.30. The quantitative estimate of drug-likeness (QED) is 0.394. The molecule has 166 valence electrons. The van der Waals surface area contributed by atoms with Crippen molar-refractivity contribution in [2.24, 2.45) is 0 Å². The standard InChI is InChI=1S/C25H19N7O2/c1-33-16-5-3-4-14(8-16)18-12-27-13-21-22(18)30-25(29-21)24-23-20(31-32-24)7-6-19(28-23)15-9-17(34-2)11-26-10-15/h3-13H,1-2H3,(H,29,30)(H,31,32). The zero-order valence-corrected chi connectivity index (χ0v) is 18.4. The van der Waals surface area contributed by atoms with Crippen molar-refractivity contribution in [1.29, 1.82) is 0 Å². The van der Waals surface area contributed by atoms with Gasteiger partial charge in [-0.05, 0) is 35.9 Å². The highest BCUT2D eigenvalue weighted by Crippen LogP contribution is 2.32. The summed E-state index contributed by atoms with van der Waals surface area (Å²) in [6.07, 6.45) is 6.97. The summed E-state index contributed by atoms with van der Waals surface area (Å²) in [7, 11) is 3.26. The van der Waals surface area contributed by atoms with Crippen LogP contribution in [0.3, 0.4) is 0 Å². The summed E-state index contributed by atoms with van der Waals surface area (Å²) >= 11 is 0. The Labute approximate surface area is 193 Å². The predicted octanol–water partition coefficient (Wildman–Crippen LogP) is 4.64. The Balaban J connectivity index is 1.48. The Morgan fingerprint density at radius 2 is 1.59 bits per heavy atom. The molecule has 9 nitrogen and oxygen atoms in total. The van der Waals surface area contributed by atoms with Crippen molar-refractivity contribution in [2.45, 2.75) is 0 Å². The van der Waals surface area contributed by atoms with E-state index in [9.17, 15) is 0 Å². The van der Waals surface area contributed by atoms with Crippen LogP contribution in [0.1, 0.15) is 0 Å². The predicted molar refractivity (Wildman–Crippen MR) is 129 cm³/mol. The fourth-order valence-electron chi connectivity index (χ4n) is 3.94. The first-order valence-electron chi connectivity index (χ1n) is 10.6. The van der Waals surface area contributed by atoms with Crippen LogP contribution >= 0.6 is 0 Å². The molecule has 0 radical (unpaired) electrons. The summed E-state index contributed by atoms with van der Waals surface area (Å²) in [4.78, 5) is 21.7. The van der Waals surface area contributed by atoms with Crippen LogP contribution in [-0.2, 0) is 0 Å². The molecule has 0 saturated heterocycles. The molecular formula is C25H19N7O2. The van der Waals surface area contributed by atoms with E-state index in [-0.39, 0.29) is 0 Å². The van der Waals surface area contributed by atoms with Crippen molar-refractivity contribution in [3.8, 4) is 45.4 Å². The maximum atomic E-state index is 5.38. The molecular weight excluding hydrogens is 430 g/mol. The zero-order chi connectivity index (χ0) is 23.1. The van der Waals surface area contributed by atoms with Gasteiger partial charge in [0.25, 0.3) is 0 Å². The molecule has 2 N–H and O–H groups in total. The average Bonchev–Trinajstić information content (AvgIpc) is 3.52. The normalized spacial score (nSPS) is 11.2. The van der Waals surface area contributed by atoms with E-state index in [4.69, 9.17) is 19.4 Å². The smallest absolute Gasteiger partial charge is 0.161 e. The van der Waals surface area contributed by atoms with Crippen LogP contribution in [0.5, 0.6) is 11.5 Å². The summed E-state index contributed by atoms with van der Waals surface area (Å²) < 4.78 is 10.7. The van der Waals surface area contributed by atoms with Crippen molar-refractivity contribution >= 4 is 22.1 Å². The molecule has 0 saturated carbocycles. The number of fused-ring (bicyclic) bond motifs is 2. The van der Waals surface area contributed by atoms with Crippen LogP contribution in [0.15, 0.2) is 67.3 Å². The van der Waals surface area contributed by atoms with Crippen LogP contribution < -0.4 is 9.47 Å². The molecule has 0 aliphatic carbocycles. The number of benzene rings is 1. The maximum absolute atomic E-state index is 5.38. The Kier molecular flexibility index (Phi) is 4.65. The van der Waals surface area contributed by atoms with E-state index in [2.05, 4.69) is 25.1 Å². The topological polar surface area (TPSA) is 114 Å². The van der Waals surface area contributed by atoms with Crippen LogP contribution in [0.2, 0.25) is 0 Å². The molecule has 1 aromatic carbocycles. The number of nitrogens with one attached hydrogen (secondary N) is 2. The minimum absolute atomic E-state index is 0.604. The number of rotatable bonds is 5. The lowest BCUT2D eigenvalue weighted by Gasteiger charge is -2.04. The fourth-order valence-corrected chi connectivity index (χ4v) is 3.94. The Bertz CT molecular complexity index is 1650. The van der Waals surface area contributed by atoms with Gasteiger partial charge >= 0.3 is 0 Å². The van der Waals surface area contributed by atoms with Gasteiger partial charge in [0, 0.05) is 23.5 Å². The molecule has 0 aliphatic heterocycles. The van der Waals surface area contributed by atoms with E-state index in [1.54, 1.807) is 39.0 Å². The highest BCUT2D eigenvalue weighted by Gasteiger charge is 2.17. The lowest BCUT2D eigenvalue weighted by atomic mass is 10.1. The first-order chi connectivity index (χ1) is 16.7. The third-order valence-electron chi connectivity index (χ3n) is 5.65. The highest BCUT2D eigenvalue weighted by molar-refractivity contribution is 5.95. The number of hydrogen-bond acceptors (Lipinski definition) is 7. The first-order valence-corrected chi connectivity index (χ1v) is 10.6. The van der Waals surface area contributed by atoms with Gasteiger partial charge in [0.2, 0.25) is 0 Å². The molecule has 0 amide bonds. The lowest BCUT2D eigenvalue weighted by molar-refractivity contribution is 0.413. The van der Waals surface area contributed by atoms with Crippen molar-refractivity contribution < 1.29 is 9.47 Å². The molecule has 0 atom stereocenters. The molecule has 0 unspecified atom stereocenters. The fraction of sp³-hybridized carbons (Fsp3) is 0.0800. The van der Waals surface area contributed by atoms with Crippen LogP contribution in [0.25, 0.3) is 56.0 Å². The largest absolute Gasteiger partial charge is 0.497 e. The van der Waals surface area contributed by atoms with Gasteiger partial charge in [-0.25, -0.2) is 9.97 Å². The molecule has 0 aliphatic rings. The van der Waals surface area contributed by atoms with Gasteiger partial charge in [-0.1, -0.05) is 12.1 Å². The molecule has 0 bridgehead atoms. The molecule has 0 spiro atoms. The molecule has 6 aromatic rings. The second-order valence-corrected chi connectivity index (χ2v) is 7.68. The van der Waals surface area contributed by atoms with Gasteiger partial charge in [0.05, 0.1) is 48.9 Å². The number of aromatic nitrogens is 7. The number of hydrogen-bond donors (Lipinski definition) is 2. The lowest BCUT2D eigenvalue weighted by Crippen LogP contribution is -1.89. The summed E-state index contributed by atoms with van der Waals surface area (Å²) in [5, 5.41) is 7.55. The van der Waals surface area contributed by atoms with Gasteiger partial charge in [-0.15, -0.1) is 0 Å². The number of ether oxygens (including phenoxy) is 2. The van der Waals surface area contributed by atoms with Crippen LogP contribution in [0, 0.1) is 0 Å². The van der Waals surface area contributed by atoms with E-state index in [1.807, 2.05) is 42.5 Å². The first kappa shape index (κ1) is 19.9. The summed E-state index contributed by atoms with van der Waals surface area (Å²) in [5.41, 5.74) is 7.21. The third-order valence-corrected chi connectivity index (χ3v) is 5.65. The van der Waals surface area contributed by atoms with E-state index < -0.39 is 0 Å². The van der Waals surface area contributed by atoms with Crippen molar-refractivity contribution in [3.63, 3.8) is 0 Å². The van der Waals surface area contributed by atoms with E-state index in [1.165, 1.54) is 0 Å². The van der Waals surface area contributed by atoms with E-state index in [0.717, 1.165) is 44.7 Å². The van der Waals surface area contributed by atoms with E-state index in [0.29, 0.717) is 22.8 Å². The Morgan fingerprint density at radius 3 is 2.47 bits per heavy atom. The summed E-state index contributed by atoms with van der Waals surface area (Å²) in [5.74, 6) is 2.04. The average molecular weight is 449 g/mol. The number of methoxy groups -OCH3 is 2. The molecule has 0 fully saturated rings. The minimum Gasteiger partial charge on any atom is -0.497 e. The van der Waals surface area contributed by atoms with Gasteiger partial charge in [0.15, 0.2) is 11.5 Å². The second kappa shape index (κ2) is 7.96. The van der Waals surface area contributed by atoms with Gasteiger partial charge in [0.1, 0.15) is 17.0 Å². The van der Waals surface area contributed by atoms with Crippen LogP contribution in [0.4, 0.5) is 0 Å². The van der Waals surface area contributed by atoms with Gasteiger partial charge in [-0.2, -0.15) is 5.10 Å². The minimum atomic E-state index is 0.604. The molecule has 5 aromatic heterocycles. The number of pyridine rings is 3. The maximum Gasteiger partial charge on any atom is 0.161 e. The number of imidazole rings is 1. The summed E-state index contributed by atoms with van der Waals surface area (Å²) in [6, 6.07) is 13.6. The molecule has 5 heterocycles. The molecule has 6 rings (SSSR count). The second-order valence-electron chi connectivity index (χ2n) is 7.68. The van der Waals surface area contributed by atoms with Crippen LogP contribution in [-0.4, -0.2) is 49.3 Å². The highest BCUT2D eigenvalue weighted by atomic mass is 16.5. The van der Waals surface area contributed by atoms with Crippen molar-refractivity contribution in [1.82, 2.24) is 35.1 Å². The van der Waals surface area contributed by atoms with Gasteiger partial charge in [-0.3, -0.25) is 15.1 Å². The monoisotopic (exact) mass is 449 g/mol. The number of nitrogens with zero attached hydrogens (tertiary/aromatic N) is 5.